The number of aromatic nitrogens is 2. The number of amides is 2. The number of rotatable bonds is 4. The molecule has 0 aliphatic carbocycles. The van der Waals surface area contributed by atoms with Gasteiger partial charge in [-0.3, -0.25) is 14.5 Å². The molecule has 1 fully saturated rings. The molecule has 3 aromatic rings. The van der Waals surface area contributed by atoms with E-state index < -0.39 is 10.7 Å². The summed E-state index contributed by atoms with van der Waals surface area (Å²) >= 11 is 1.40. The molecule has 8 heteroatoms. The Morgan fingerprint density at radius 2 is 1.82 bits per heavy atom. The van der Waals surface area contributed by atoms with Crippen LogP contribution >= 0.6 is 11.8 Å². The van der Waals surface area contributed by atoms with Gasteiger partial charge in [-0.25, -0.2) is 9.07 Å². The fourth-order valence-corrected chi connectivity index (χ4v) is 6.64. The van der Waals surface area contributed by atoms with Crippen LogP contribution in [0.1, 0.15) is 66.8 Å². The van der Waals surface area contributed by atoms with Crippen LogP contribution in [0.3, 0.4) is 0 Å². The van der Waals surface area contributed by atoms with Gasteiger partial charge in [0.25, 0.3) is 0 Å². The van der Waals surface area contributed by atoms with Gasteiger partial charge in [-0.1, -0.05) is 56.7 Å². The van der Waals surface area contributed by atoms with Crippen molar-refractivity contribution >= 4 is 29.4 Å². The number of likely N-dealkylation sites (tertiary alicyclic amines) is 1. The molecular weight excluding hydrogens is 499 g/mol. The van der Waals surface area contributed by atoms with Crippen LogP contribution in [0.4, 0.5) is 10.2 Å². The van der Waals surface area contributed by atoms with Gasteiger partial charge < -0.3 is 4.90 Å². The smallest absolute Gasteiger partial charge is 0.242 e. The molecule has 3 heterocycles. The number of aryl methyl sites for hydroxylation is 2. The third kappa shape index (κ3) is 4.86. The van der Waals surface area contributed by atoms with Gasteiger partial charge in [-0.05, 0) is 44.4 Å². The van der Waals surface area contributed by atoms with Gasteiger partial charge in [-0.2, -0.15) is 5.10 Å². The summed E-state index contributed by atoms with van der Waals surface area (Å²) < 4.78 is 17.1. The molecule has 2 aliphatic heterocycles. The number of halogens is 1. The Bertz CT molecular complexity index is 1390. The summed E-state index contributed by atoms with van der Waals surface area (Å²) in [6.45, 7) is 11.7. The Labute approximate surface area is 228 Å². The lowest BCUT2D eigenvalue weighted by atomic mass is 9.87. The highest BCUT2D eigenvalue weighted by Crippen LogP contribution is 2.49. The summed E-state index contributed by atoms with van der Waals surface area (Å²) in [5.74, 6) is 0.148. The number of nitrogens with zero attached hydrogens (tertiary/aromatic N) is 4. The molecule has 2 aromatic carbocycles. The summed E-state index contributed by atoms with van der Waals surface area (Å²) in [6, 6.07) is 12.9. The van der Waals surface area contributed by atoms with Gasteiger partial charge >= 0.3 is 0 Å². The second-order valence-electron chi connectivity index (χ2n) is 11.3. The van der Waals surface area contributed by atoms with Gasteiger partial charge in [0, 0.05) is 29.6 Å². The maximum Gasteiger partial charge on any atom is 0.242 e. The average Bonchev–Trinajstić information content (AvgIpc) is 3.50. The Morgan fingerprint density at radius 3 is 2.47 bits per heavy atom. The Balaban J connectivity index is 1.79. The van der Waals surface area contributed by atoms with Crippen LogP contribution in [0.2, 0.25) is 0 Å². The van der Waals surface area contributed by atoms with E-state index in [1.807, 2.05) is 41.6 Å². The molecule has 0 N–H and O–H groups in total. The maximum atomic E-state index is 15.3. The molecule has 38 heavy (non-hydrogen) atoms. The zero-order chi connectivity index (χ0) is 27.2. The second kappa shape index (κ2) is 10.2. The van der Waals surface area contributed by atoms with Crippen molar-refractivity contribution in [2.24, 2.45) is 0 Å². The molecule has 5 rings (SSSR count). The van der Waals surface area contributed by atoms with E-state index in [1.54, 1.807) is 17.0 Å². The molecule has 6 nitrogen and oxygen atoms in total. The number of thioether (sulfide) groups is 1. The summed E-state index contributed by atoms with van der Waals surface area (Å²) in [6.07, 6.45) is 1.95. The van der Waals surface area contributed by atoms with Gasteiger partial charge in [0.05, 0.1) is 22.4 Å². The van der Waals surface area contributed by atoms with E-state index in [1.165, 1.54) is 17.8 Å². The molecule has 0 spiro atoms. The highest BCUT2D eigenvalue weighted by atomic mass is 32.2. The predicted molar refractivity (Wildman–Crippen MR) is 151 cm³/mol. The van der Waals surface area contributed by atoms with Crippen molar-refractivity contribution in [1.82, 2.24) is 14.7 Å². The van der Waals surface area contributed by atoms with Crippen LogP contribution in [0.15, 0.2) is 42.5 Å². The van der Waals surface area contributed by atoms with E-state index in [2.05, 4.69) is 26.8 Å². The SMILES string of the molecule is Cc1ccc(-n2nc(C(C)(C)C)c3c2N(CC(=O)N2CCCC2)C(=O)CS[C@H]3c2ccccc2F)c(C)c1. The highest BCUT2D eigenvalue weighted by molar-refractivity contribution is 8.00. The zero-order valence-corrected chi connectivity index (χ0v) is 23.6. The summed E-state index contributed by atoms with van der Waals surface area (Å²) in [5, 5.41) is 4.67. The minimum Gasteiger partial charge on any atom is -0.341 e. The largest absolute Gasteiger partial charge is 0.341 e. The lowest BCUT2D eigenvalue weighted by Crippen LogP contribution is -2.43. The molecule has 0 radical (unpaired) electrons. The van der Waals surface area contributed by atoms with Crippen LogP contribution in [0.25, 0.3) is 5.69 Å². The first-order valence-corrected chi connectivity index (χ1v) is 14.3. The van der Waals surface area contributed by atoms with Gasteiger partial charge in [-0.15, -0.1) is 11.8 Å². The third-order valence-corrected chi connectivity index (χ3v) is 8.56. The lowest BCUT2D eigenvalue weighted by Gasteiger charge is -2.26. The molecule has 200 valence electrons. The lowest BCUT2D eigenvalue weighted by molar-refractivity contribution is -0.130. The first kappa shape index (κ1) is 26.5. The van der Waals surface area contributed by atoms with Crippen LogP contribution in [0, 0.1) is 19.7 Å². The van der Waals surface area contributed by atoms with Crippen molar-refractivity contribution in [3.05, 3.63) is 76.2 Å². The van der Waals surface area contributed by atoms with Gasteiger partial charge in [0.2, 0.25) is 11.8 Å². The summed E-state index contributed by atoms with van der Waals surface area (Å²) in [5.41, 5.74) is 4.69. The van der Waals surface area contributed by atoms with E-state index in [0.717, 1.165) is 40.9 Å². The number of hydrogen-bond acceptors (Lipinski definition) is 4. The number of carbonyl (C=O) groups is 2. The number of anilines is 1. The first-order valence-electron chi connectivity index (χ1n) is 13.2. The standard InChI is InChI=1S/C30H35FN4O2S/c1-19-12-13-23(20(2)16-19)35-29-26(28(32-35)30(3,4)5)27(21-10-6-7-11-22(21)31)38-18-25(37)34(29)17-24(36)33-14-8-9-15-33/h6-7,10-13,16,27H,8-9,14-15,17-18H2,1-5H3/t27-/m0/s1. The minimum absolute atomic E-state index is 0.0590. The molecule has 1 saturated heterocycles. The second-order valence-corrected chi connectivity index (χ2v) is 12.4. The van der Waals surface area contributed by atoms with Crippen molar-refractivity contribution in [2.45, 2.75) is 58.1 Å². The Kier molecular flexibility index (Phi) is 7.11. The van der Waals surface area contributed by atoms with Crippen molar-refractivity contribution in [2.75, 3.05) is 30.3 Å². The predicted octanol–water partition coefficient (Wildman–Crippen LogP) is 5.72. The number of carbonyl (C=O) groups excluding carboxylic acids is 2. The maximum absolute atomic E-state index is 15.3. The molecule has 0 saturated carbocycles. The molecule has 2 amide bonds. The molecule has 1 atom stereocenters. The van der Waals surface area contributed by atoms with Crippen LogP contribution in [-0.2, 0) is 15.0 Å². The number of benzene rings is 2. The fourth-order valence-electron chi connectivity index (χ4n) is 5.42. The molecule has 1 aromatic heterocycles. The number of fused-ring (bicyclic) bond motifs is 1. The van der Waals surface area contributed by atoms with E-state index in [-0.39, 0.29) is 29.9 Å². The van der Waals surface area contributed by atoms with E-state index in [4.69, 9.17) is 5.10 Å². The van der Waals surface area contributed by atoms with Crippen LogP contribution < -0.4 is 4.90 Å². The van der Waals surface area contributed by atoms with Crippen molar-refractivity contribution in [3.63, 3.8) is 0 Å². The first-order chi connectivity index (χ1) is 18.1. The number of hydrogen-bond donors (Lipinski definition) is 0. The topological polar surface area (TPSA) is 58.4 Å². The molecule has 0 unspecified atom stereocenters. The zero-order valence-electron chi connectivity index (χ0n) is 22.8. The summed E-state index contributed by atoms with van der Waals surface area (Å²) in [7, 11) is 0. The highest BCUT2D eigenvalue weighted by Gasteiger charge is 2.41. The van der Waals surface area contributed by atoms with Gasteiger partial charge in [0.15, 0.2) is 0 Å². The van der Waals surface area contributed by atoms with E-state index in [9.17, 15) is 9.59 Å². The van der Waals surface area contributed by atoms with Gasteiger partial charge in [0.1, 0.15) is 18.2 Å². The van der Waals surface area contributed by atoms with Crippen molar-refractivity contribution < 1.29 is 14.0 Å². The Morgan fingerprint density at radius 1 is 1.11 bits per heavy atom. The van der Waals surface area contributed by atoms with E-state index >= 15 is 4.39 Å². The third-order valence-electron chi connectivity index (χ3n) is 7.32. The normalized spacial score (nSPS) is 18.1. The minimum atomic E-state index is -0.448. The summed E-state index contributed by atoms with van der Waals surface area (Å²) in [4.78, 5) is 30.6. The Hall–Kier alpha value is -3.13. The van der Waals surface area contributed by atoms with Crippen molar-refractivity contribution in [1.29, 1.82) is 0 Å². The average molecular weight is 535 g/mol. The molecule has 0 bridgehead atoms. The van der Waals surface area contributed by atoms with Crippen LogP contribution in [-0.4, -0.2) is 51.9 Å². The quantitative estimate of drug-likeness (QED) is 0.430. The fraction of sp³-hybridized carbons (Fsp3) is 0.433. The van der Waals surface area contributed by atoms with Crippen LogP contribution in [0.5, 0.6) is 0 Å². The monoisotopic (exact) mass is 534 g/mol. The van der Waals surface area contributed by atoms with E-state index in [0.29, 0.717) is 24.5 Å². The van der Waals surface area contributed by atoms with Crippen molar-refractivity contribution in [3.8, 4) is 5.69 Å². The molecular formula is C30H35FN4O2S. The molecule has 2 aliphatic rings.